The first-order chi connectivity index (χ1) is 23.3. The summed E-state index contributed by atoms with van der Waals surface area (Å²) >= 11 is 0. The van der Waals surface area contributed by atoms with E-state index in [0.717, 1.165) is 0 Å². The van der Waals surface area contributed by atoms with Crippen LogP contribution in [0.2, 0.25) is 0 Å². The minimum atomic E-state index is 0.638. The van der Waals surface area contributed by atoms with Crippen molar-refractivity contribution in [1.82, 2.24) is 9.80 Å². The molecule has 1 aliphatic heterocycles. The van der Waals surface area contributed by atoms with Crippen molar-refractivity contribution in [3.8, 4) is 0 Å². The molecule has 47 heavy (non-hydrogen) atoms. The van der Waals surface area contributed by atoms with Gasteiger partial charge in [0.15, 0.2) is 0 Å². The van der Waals surface area contributed by atoms with Crippen molar-refractivity contribution < 1.29 is 0 Å². The molecule has 0 spiro atoms. The highest BCUT2D eigenvalue weighted by Gasteiger charge is 2.24. The van der Waals surface area contributed by atoms with Crippen LogP contribution in [0.4, 0.5) is 0 Å². The van der Waals surface area contributed by atoms with Gasteiger partial charge in [-0.3, -0.25) is 0 Å². The highest BCUT2D eigenvalue weighted by molar-refractivity contribution is 4.97. The van der Waals surface area contributed by atoms with E-state index in [2.05, 4.69) is 43.0 Å². The summed E-state index contributed by atoms with van der Waals surface area (Å²) in [7, 11) is 0. The lowest BCUT2D eigenvalue weighted by Crippen LogP contribution is -2.39. The van der Waals surface area contributed by atoms with Crippen molar-refractivity contribution in [2.24, 2.45) is 0 Å². The molecule has 0 saturated heterocycles. The first-order valence-corrected chi connectivity index (χ1v) is 22.5. The third kappa shape index (κ3) is 28.8. The molecule has 0 aromatic carbocycles. The van der Waals surface area contributed by atoms with Crippen LogP contribution in [0.1, 0.15) is 258 Å². The van der Waals surface area contributed by atoms with E-state index >= 15 is 0 Å². The number of hydrogen-bond acceptors (Lipinski definition) is 2. The van der Waals surface area contributed by atoms with Gasteiger partial charge in [0.25, 0.3) is 0 Å². The standard InChI is InChI=1S/C45H90N2/c1-4-7-10-13-16-18-20-22-23-24-25-26-28-30-32-34-37-40-45-46(41-38-35-15-12-9-6-3)43-44-47(45)42-39-36-33-31-29-27-21-19-17-14-11-8-5-2/h43-45H,4-42H2,1-3H3. The minimum Gasteiger partial charge on any atom is -0.356 e. The molecule has 1 heterocycles. The molecule has 280 valence electrons. The molecule has 0 aliphatic carbocycles. The second kappa shape index (κ2) is 36.6. The Bertz CT molecular complexity index is 615. The van der Waals surface area contributed by atoms with Crippen molar-refractivity contribution in [2.75, 3.05) is 13.1 Å². The van der Waals surface area contributed by atoms with Gasteiger partial charge in [-0.25, -0.2) is 0 Å². The molecule has 2 heteroatoms. The van der Waals surface area contributed by atoms with Gasteiger partial charge in [-0.1, -0.05) is 233 Å². The second-order valence-corrected chi connectivity index (χ2v) is 15.7. The molecule has 1 unspecified atom stereocenters. The zero-order valence-electron chi connectivity index (χ0n) is 33.2. The molecule has 1 rings (SSSR count). The maximum absolute atomic E-state index is 2.72. The molecular weight excluding hydrogens is 569 g/mol. The maximum Gasteiger partial charge on any atom is 0.101 e. The van der Waals surface area contributed by atoms with Crippen molar-refractivity contribution in [1.29, 1.82) is 0 Å². The summed E-state index contributed by atoms with van der Waals surface area (Å²) in [4.78, 5) is 5.44. The summed E-state index contributed by atoms with van der Waals surface area (Å²) in [6.07, 6.45) is 58.9. The van der Waals surface area contributed by atoms with Gasteiger partial charge in [0.2, 0.25) is 0 Å². The minimum absolute atomic E-state index is 0.638. The Labute approximate surface area is 299 Å². The Kier molecular flexibility index (Phi) is 34.6. The normalized spacial score (nSPS) is 14.7. The van der Waals surface area contributed by atoms with E-state index in [4.69, 9.17) is 0 Å². The third-order valence-corrected chi connectivity index (χ3v) is 11.1. The van der Waals surface area contributed by atoms with Crippen LogP contribution < -0.4 is 0 Å². The fourth-order valence-electron chi connectivity index (χ4n) is 7.78. The predicted octanol–water partition coefficient (Wildman–Crippen LogP) is 15.9. The molecule has 1 atom stereocenters. The summed E-state index contributed by atoms with van der Waals surface area (Å²) in [6.45, 7) is 9.49. The fourth-order valence-corrected chi connectivity index (χ4v) is 7.78. The molecule has 0 amide bonds. The molecule has 0 aromatic heterocycles. The van der Waals surface area contributed by atoms with Crippen molar-refractivity contribution in [3.63, 3.8) is 0 Å². The van der Waals surface area contributed by atoms with Gasteiger partial charge >= 0.3 is 0 Å². The highest BCUT2D eigenvalue weighted by atomic mass is 15.4. The zero-order chi connectivity index (χ0) is 33.7. The van der Waals surface area contributed by atoms with Crippen LogP contribution >= 0.6 is 0 Å². The van der Waals surface area contributed by atoms with Gasteiger partial charge in [-0.2, -0.15) is 0 Å². The van der Waals surface area contributed by atoms with Crippen LogP contribution in [0.15, 0.2) is 12.4 Å². The van der Waals surface area contributed by atoms with E-state index in [1.165, 1.54) is 251 Å². The van der Waals surface area contributed by atoms with E-state index in [9.17, 15) is 0 Å². The lowest BCUT2D eigenvalue weighted by Gasteiger charge is -2.33. The number of hydrogen-bond donors (Lipinski definition) is 0. The molecule has 0 fully saturated rings. The average molecular weight is 659 g/mol. The van der Waals surface area contributed by atoms with Gasteiger partial charge in [-0.15, -0.1) is 0 Å². The van der Waals surface area contributed by atoms with E-state index in [-0.39, 0.29) is 0 Å². The largest absolute Gasteiger partial charge is 0.356 e. The van der Waals surface area contributed by atoms with Gasteiger partial charge in [-0.05, 0) is 25.7 Å². The predicted molar refractivity (Wildman–Crippen MR) is 214 cm³/mol. The molecule has 0 bridgehead atoms. The Morgan fingerprint density at radius 2 is 0.489 bits per heavy atom. The van der Waals surface area contributed by atoms with Gasteiger partial charge in [0.05, 0.1) is 0 Å². The van der Waals surface area contributed by atoms with Crippen molar-refractivity contribution >= 4 is 0 Å². The number of nitrogens with zero attached hydrogens (tertiary/aromatic N) is 2. The lowest BCUT2D eigenvalue weighted by molar-refractivity contribution is 0.135. The first-order valence-electron chi connectivity index (χ1n) is 22.5. The first kappa shape index (κ1) is 44.4. The smallest absolute Gasteiger partial charge is 0.101 e. The van der Waals surface area contributed by atoms with Crippen molar-refractivity contribution in [2.45, 2.75) is 265 Å². The van der Waals surface area contributed by atoms with E-state index in [0.29, 0.717) is 6.17 Å². The molecule has 1 aliphatic rings. The number of rotatable bonds is 39. The number of unbranched alkanes of at least 4 members (excludes halogenated alkanes) is 33. The summed E-state index contributed by atoms with van der Waals surface area (Å²) in [6, 6.07) is 0. The molecular formula is C45H90N2. The zero-order valence-corrected chi connectivity index (χ0v) is 33.2. The fraction of sp³-hybridized carbons (Fsp3) is 0.956. The second-order valence-electron chi connectivity index (χ2n) is 15.7. The molecule has 2 nitrogen and oxygen atoms in total. The van der Waals surface area contributed by atoms with E-state index < -0.39 is 0 Å². The monoisotopic (exact) mass is 659 g/mol. The topological polar surface area (TPSA) is 6.48 Å². The van der Waals surface area contributed by atoms with Crippen LogP contribution in [0.5, 0.6) is 0 Å². The van der Waals surface area contributed by atoms with Crippen LogP contribution in [-0.2, 0) is 0 Å². The highest BCUT2D eigenvalue weighted by Crippen LogP contribution is 2.24. The third-order valence-electron chi connectivity index (χ3n) is 11.1. The lowest BCUT2D eigenvalue weighted by atomic mass is 10.0. The average Bonchev–Trinajstić information content (AvgIpc) is 3.47. The molecule has 0 saturated carbocycles. The quantitative estimate of drug-likeness (QED) is 0.0606. The molecule has 0 aromatic rings. The summed E-state index contributed by atoms with van der Waals surface area (Å²) in [5.41, 5.74) is 0. The Balaban J connectivity index is 2.13. The Morgan fingerprint density at radius 3 is 0.745 bits per heavy atom. The van der Waals surface area contributed by atoms with Crippen LogP contribution in [-0.4, -0.2) is 29.1 Å². The van der Waals surface area contributed by atoms with Gasteiger partial charge in [0.1, 0.15) is 6.17 Å². The van der Waals surface area contributed by atoms with E-state index in [1.807, 2.05) is 0 Å². The van der Waals surface area contributed by atoms with Crippen LogP contribution in [0, 0.1) is 0 Å². The summed E-state index contributed by atoms with van der Waals surface area (Å²) in [5, 5.41) is 0. The van der Waals surface area contributed by atoms with Crippen LogP contribution in [0.25, 0.3) is 0 Å². The summed E-state index contributed by atoms with van der Waals surface area (Å²) < 4.78 is 0. The Morgan fingerprint density at radius 1 is 0.277 bits per heavy atom. The van der Waals surface area contributed by atoms with Gasteiger partial charge in [0, 0.05) is 25.5 Å². The van der Waals surface area contributed by atoms with Gasteiger partial charge < -0.3 is 9.80 Å². The van der Waals surface area contributed by atoms with E-state index in [1.54, 1.807) is 0 Å². The molecule has 0 radical (unpaired) electrons. The molecule has 0 N–H and O–H groups in total. The van der Waals surface area contributed by atoms with Crippen molar-refractivity contribution in [3.05, 3.63) is 12.4 Å². The maximum atomic E-state index is 2.72. The Hall–Kier alpha value is -0.660. The summed E-state index contributed by atoms with van der Waals surface area (Å²) in [5.74, 6) is 0. The van der Waals surface area contributed by atoms with Crippen LogP contribution in [0.3, 0.4) is 0 Å². The SMILES string of the molecule is CCCCCCCCCCCCCCCCCCCC1N(CCCCCCCC)C=CN1CCCCCCCCCCCCCCC.